The third-order valence-corrected chi connectivity index (χ3v) is 5.07. The van der Waals surface area contributed by atoms with Crippen LogP contribution in [0.2, 0.25) is 0 Å². The fraction of sp³-hybridized carbons (Fsp3) is 0.529. The first-order valence-corrected chi connectivity index (χ1v) is 8.70. The van der Waals surface area contributed by atoms with Gasteiger partial charge in [0.15, 0.2) is 10.8 Å². The minimum absolute atomic E-state index is 0.121. The normalized spacial score (nSPS) is 15.2. The van der Waals surface area contributed by atoms with Gasteiger partial charge < -0.3 is 14.8 Å². The number of aromatic nitrogens is 1. The van der Waals surface area contributed by atoms with Crippen LogP contribution in [-0.4, -0.2) is 28.1 Å². The molecule has 0 saturated heterocycles. The van der Waals surface area contributed by atoms with Crippen LogP contribution in [0.4, 0.5) is 0 Å². The molecule has 2 aromatic heterocycles. The van der Waals surface area contributed by atoms with Crippen LogP contribution in [0.5, 0.6) is 0 Å². The highest BCUT2D eigenvalue weighted by molar-refractivity contribution is 7.13. The molecule has 0 unspecified atom stereocenters. The summed E-state index contributed by atoms with van der Waals surface area (Å²) in [4.78, 5) is 16.5. The maximum Gasteiger partial charge on any atom is 0.226 e. The zero-order chi connectivity index (χ0) is 17.0. The van der Waals surface area contributed by atoms with Gasteiger partial charge in [-0.3, -0.25) is 4.79 Å². The first kappa shape index (κ1) is 17.7. The number of amides is 1. The van der Waals surface area contributed by atoms with Crippen molar-refractivity contribution in [1.82, 2.24) is 10.3 Å². The number of carbonyl (C=O) groups is 1. The van der Waals surface area contributed by atoms with Gasteiger partial charge in [-0.15, -0.1) is 11.3 Å². The summed E-state index contributed by atoms with van der Waals surface area (Å²) < 4.78 is 5.53. The summed E-state index contributed by atoms with van der Waals surface area (Å²) in [6.45, 7) is 7.88. The molecule has 0 spiro atoms. The molecule has 0 radical (unpaired) electrons. The Hall–Kier alpha value is -1.66. The summed E-state index contributed by atoms with van der Waals surface area (Å²) in [6.07, 6.45) is 1.06. The van der Waals surface area contributed by atoms with Crippen LogP contribution in [-0.2, 0) is 11.2 Å². The molecule has 0 aliphatic heterocycles. The Kier molecular flexibility index (Phi) is 5.59. The number of aliphatic hydroxyl groups is 1. The largest absolute Gasteiger partial charge is 0.459 e. The van der Waals surface area contributed by atoms with Crippen LogP contribution < -0.4 is 5.32 Å². The summed E-state index contributed by atoms with van der Waals surface area (Å²) in [5, 5.41) is 15.7. The molecule has 0 fully saturated rings. The summed E-state index contributed by atoms with van der Waals surface area (Å²) in [6, 6.07) is 3.77. The minimum atomic E-state index is -0.899. The Labute approximate surface area is 140 Å². The molecule has 1 amide bonds. The van der Waals surface area contributed by atoms with Crippen LogP contribution in [0.15, 0.2) is 21.9 Å². The second-order valence-corrected chi connectivity index (χ2v) is 7.03. The van der Waals surface area contributed by atoms with Crippen molar-refractivity contribution in [3.8, 4) is 10.8 Å². The zero-order valence-electron chi connectivity index (χ0n) is 14.0. The van der Waals surface area contributed by atoms with Gasteiger partial charge in [-0.1, -0.05) is 20.3 Å². The number of carbonyl (C=O) groups excluding carboxylic acids is 1. The summed E-state index contributed by atoms with van der Waals surface area (Å²) in [7, 11) is 0. The number of aryl methyl sites for hydroxylation is 1. The monoisotopic (exact) mass is 336 g/mol. The van der Waals surface area contributed by atoms with Crippen molar-refractivity contribution in [2.45, 2.75) is 46.1 Å². The van der Waals surface area contributed by atoms with Gasteiger partial charge in [0.05, 0.1) is 17.7 Å². The van der Waals surface area contributed by atoms with E-state index in [4.69, 9.17) is 4.42 Å². The SMILES string of the molecule is CC[C@H](C)[C@](C)(O)CNC(=O)Cc1csc(-c2ccc(C)o2)n1. The molecule has 2 heterocycles. The van der Waals surface area contributed by atoms with E-state index in [1.165, 1.54) is 11.3 Å². The topological polar surface area (TPSA) is 75.4 Å². The van der Waals surface area contributed by atoms with Gasteiger partial charge in [0.1, 0.15) is 5.76 Å². The Morgan fingerprint density at radius 3 is 2.87 bits per heavy atom. The molecule has 0 saturated carbocycles. The van der Waals surface area contributed by atoms with Crippen molar-refractivity contribution < 1.29 is 14.3 Å². The first-order valence-electron chi connectivity index (χ1n) is 7.82. The second-order valence-electron chi connectivity index (χ2n) is 6.17. The van der Waals surface area contributed by atoms with Crippen molar-refractivity contribution in [1.29, 1.82) is 0 Å². The van der Waals surface area contributed by atoms with Gasteiger partial charge in [-0.05, 0) is 31.9 Å². The van der Waals surface area contributed by atoms with Crippen molar-refractivity contribution in [2.24, 2.45) is 5.92 Å². The highest BCUT2D eigenvalue weighted by Gasteiger charge is 2.27. The Morgan fingerprint density at radius 2 is 2.26 bits per heavy atom. The molecule has 2 aromatic rings. The smallest absolute Gasteiger partial charge is 0.226 e. The van der Waals surface area contributed by atoms with Gasteiger partial charge in [-0.25, -0.2) is 4.98 Å². The average Bonchev–Trinajstić information content (AvgIpc) is 3.13. The lowest BCUT2D eigenvalue weighted by Gasteiger charge is -2.29. The lowest BCUT2D eigenvalue weighted by molar-refractivity contribution is -0.122. The number of furan rings is 1. The van der Waals surface area contributed by atoms with E-state index in [1.807, 2.05) is 38.3 Å². The summed E-state index contributed by atoms with van der Waals surface area (Å²) >= 11 is 1.46. The summed E-state index contributed by atoms with van der Waals surface area (Å²) in [5.41, 5.74) is -0.191. The number of hydrogen-bond donors (Lipinski definition) is 2. The standard InChI is InChI=1S/C17H24N2O3S/c1-5-11(2)17(4,21)10-18-15(20)8-13-9-23-16(19-13)14-7-6-12(3)22-14/h6-7,9,11,21H,5,8,10H2,1-4H3,(H,18,20)/t11-,17+/m0/s1. The zero-order valence-corrected chi connectivity index (χ0v) is 14.9. The van der Waals surface area contributed by atoms with Crippen LogP contribution in [0, 0.1) is 12.8 Å². The highest BCUT2D eigenvalue weighted by Crippen LogP contribution is 2.25. The minimum Gasteiger partial charge on any atom is -0.459 e. The van der Waals surface area contributed by atoms with E-state index in [2.05, 4.69) is 10.3 Å². The van der Waals surface area contributed by atoms with Crippen LogP contribution >= 0.6 is 11.3 Å². The lowest BCUT2D eigenvalue weighted by Crippen LogP contribution is -2.45. The van der Waals surface area contributed by atoms with E-state index in [0.717, 1.165) is 22.9 Å². The third-order valence-electron chi connectivity index (χ3n) is 4.16. The molecule has 126 valence electrons. The molecule has 2 N–H and O–H groups in total. The number of hydrogen-bond acceptors (Lipinski definition) is 5. The van der Waals surface area contributed by atoms with Gasteiger partial charge in [-0.2, -0.15) is 0 Å². The maximum atomic E-state index is 12.0. The molecule has 0 bridgehead atoms. The quantitative estimate of drug-likeness (QED) is 0.814. The van der Waals surface area contributed by atoms with Crippen LogP contribution in [0.3, 0.4) is 0 Å². The number of thiazole rings is 1. The van der Waals surface area contributed by atoms with E-state index in [0.29, 0.717) is 5.69 Å². The molecule has 23 heavy (non-hydrogen) atoms. The highest BCUT2D eigenvalue weighted by atomic mass is 32.1. The molecular formula is C17H24N2O3S. The van der Waals surface area contributed by atoms with Crippen molar-refractivity contribution in [3.05, 3.63) is 29.0 Å². The first-order chi connectivity index (χ1) is 10.8. The average molecular weight is 336 g/mol. The van der Waals surface area contributed by atoms with Crippen LogP contribution in [0.1, 0.15) is 38.6 Å². The molecule has 0 aromatic carbocycles. The number of nitrogens with one attached hydrogen (secondary N) is 1. The number of rotatable bonds is 7. The molecule has 0 aliphatic rings. The molecular weight excluding hydrogens is 312 g/mol. The molecule has 6 heteroatoms. The van der Waals surface area contributed by atoms with Gasteiger partial charge >= 0.3 is 0 Å². The van der Waals surface area contributed by atoms with Gasteiger partial charge in [0.25, 0.3) is 0 Å². The molecule has 0 aliphatic carbocycles. The van der Waals surface area contributed by atoms with E-state index in [1.54, 1.807) is 6.92 Å². The van der Waals surface area contributed by atoms with E-state index in [-0.39, 0.29) is 24.8 Å². The third kappa shape index (κ3) is 4.65. The molecule has 2 atom stereocenters. The van der Waals surface area contributed by atoms with Gasteiger partial charge in [0.2, 0.25) is 5.91 Å². The number of nitrogens with zero attached hydrogens (tertiary/aromatic N) is 1. The predicted octanol–water partition coefficient (Wildman–Crippen LogP) is 3.17. The van der Waals surface area contributed by atoms with E-state index in [9.17, 15) is 9.90 Å². The van der Waals surface area contributed by atoms with E-state index >= 15 is 0 Å². The molecule has 2 rings (SSSR count). The maximum absolute atomic E-state index is 12.0. The molecule has 5 nitrogen and oxygen atoms in total. The fourth-order valence-corrected chi connectivity index (χ4v) is 2.95. The van der Waals surface area contributed by atoms with Crippen LogP contribution in [0.25, 0.3) is 10.8 Å². The fourth-order valence-electron chi connectivity index (χ4n) is 2.17. The second kappa shape index (κ2) is 7.27. The van der Waals surface area contributed by atoms with E-state index < -0.39 is 5.60 Å². The lowest BCUT2D eigenvalue weighted by atomic mass is 9.88. The Bertz CT molecular complexity index is 660. The summed E-state index contributed by atoms with van der Waals surface area (Å²) in [5.74, 6) is 1.54. The predicted molar refractivity (Wildman–Crippen MR) is 91.3 cm³/mol. The van der Waals surface area contributed by atoms with Crippen molar-refractivity contribution >= 4 is 17.2 Å². The van der Waals surface area contributed by atoms with Gasteiger partial charge in [0, 0.05) is 11.9 Å². The van der Waals surface area contributed by atoms with Crippen molar-refractivity contribution in [2.75, 3.05) is 6.54 Å². The van der Waals surface area contributed by atoms with Crippen molar-refractivity contribution in [3.63, 3.8) is 0 Å². The Balaban J connectivity index is 1.90. The Morgan fingerprint density at radius 1 is 1.52 bits per heavy atom.